The van der Waals surface area contributed by atoms with Gasteiger partial charge in [-0.1, -0.05) is 12.1 Å². The van der Waals surface area contributed by atoms with Crippen LogP contribution in [0.1, 0.15) is 65.9 Å². The van der Waals surface area contributed by atoms with Crippen LogP contribution in [0.25, 0.3) is 5.57 Å². The molecule has 4 rings (SSSR count). The summed E-state index contributed by atoms with van der Waals surface area (Å²) >= 11 is 0. The van der Waals surface area contributed by atoms with Crippen LogP contribution in [0.15, 0.2) is 53.4 Å². The summed E-state index contributed by atoms with van der Waals surface area (Å²) in [7, 11) is 2.00. The average Bonchev–Trinajstić information content (AvgIpc) is 2.79. The summed E-state index contributed by atoms with van der Waals surface area (Å²) < 4.78 is 5.14. The molecule has 0 atom stereocenters. The molecule has 2 heterocycles. The van der Waals surface area contributed by atoms with Crippen LogP contribution in [0.2, 0.25) is 0 Å². The zero-order valence-electron chi connectivity index (χ0n) is 16.6. The molecule has 1 fully saturated rings. The van der Waals surface area contributed by atoms with Gasteiger partial charge in [-0.05, 0) is 73.8 Å². The zero-order valence-corrected chi connectivity index (χ0v) is 16.6. The summed E-state index contributed by atoms with van der Waals surface area (Å²) in [6.45, 7) is 1.59. The predicted octanol–water partition coefficient (Wildman–Crippen LogP) is 5.58. The van der Waals surface area contributed by atoms with E-state index in [0.29, 0.717) is 11.5 Å². The molecule has 0 bridgehead atoms. The molecule has 146 valence electrons. The van der Waals surface area contributed by atoms with Crippen LogP contribution in [0.3, 0.4) is 0 Å². The van der Waals surface area contributed by atoms with E-state index >= 15 is 0 Å². The second-order valence-corrected chi connectivity index (χ2v) is 7.80. The molecule has 1 aliphatic carbocycles. The van der Waals surface area contributed by atoms with Gasteiger partial charge in [-0.15, -0.1) is 0 Å². The van der Waals surface area contributed by atoms with Gasteiger partial charge in [0.1, 0.15) is 5.56 Å². The van der Waals surface area contributed by atoms with Gasteiger partial charge in [-0.2, -0.15) is 0 Å². The van der Waals surface area contributed by atoms with E-state index in [4.69, 9.17) is 4.42 Å². The molecule has 1 aromatic carbocycles. The molecule has 1 aliphatic heterocycles. The van der Waals surface area contributed by atoms with Crippen LogP contribution in [0.5, 0.6) is 0 Å². The largest absolute Gasteiger partial charge is 0.388 e. The van der Waals surface area contributed by atoms with Crippen molar-refractivity contribution in [2.24, 2.45) is 0 Å². The van der Waals surface area contributed by atoms with Gasteiger partial charge in [-0.25, -0.2) is 4.42 Å². The lowest BCUT2D eigenvalue weighted by Crippen LogP contribution is -2.37. The first-order chi connectivity index (χ1) is 13.8. The number of likely N-dealkylation sites (tertiary alicyclic amines) is 1. The molecule has 2 aromatic rings. The summed E-state index contributed by atoms with van der Waals surface area (Å²) in [6, 6.07) is 10.5. The highest BCUT2D eigenvalue weighted by molar-refractivity contribution is 5.93. The topological polar surface area (TPSA) is 43.6 Å². The van der Waals surface area contributed by atoms with E-state index in [1.165, 1.54) is 54.3 Å². The molecule has 0 saturated carbocycles. The number of carbonyl (C=O) groups is 1. The van der Waals surface area contributed by atoms with Crippen molar-refractivity contribution in [1.29, 1.82) is 0 Å². The standard InChI is InChI=1S/C24H29N2O2/c1-25-23-10-9-20(16-22(23)19-6-3-2-4-7-19)18-11-13-26(14-12-18)24(27)21-8-5-15-28-17-21/h5-6,8-10,15-18,25H,2-4,7,11-14H2,1H3/q+1. The van der Waals surface area contributed by atoms with Crippen LogP contribution >= 0.6 is 0 Å². The Hall–Kier alpha value is -2.62. The molecule has 1 amide bonds. The van der Waals surface area contributed by atoms with Gasteiger partial charge < -0.3 is 10.2 Å². The molecule has 0 unspecified atom stereocenters. The molecular formula is C24H29N2O2+. The number of anilines is 1. The molecule has 1 aromatic heterocycles. The van der Waals surface area contributed by atoms with E-state index < -0.39 is 0 Å². The monoisotopic (exact) mass is 377 g/mol. The Labute approximate surface area is 167 Å². The van der Waals surface area contributed by atoms with Crippen LogP contribution < -0.4 is 5.32 Å². The summed E-state index contributed by atoms with van der Waals surface area (Å²) in [5.41, 5.74) is 6.10. The summed E-state index contributed by atoms with van der Waals surface area (Å²) in [5, 5.41) is 3.36. The number of benzene rings is 1. The van der Waals surface area contributed by atoms with Crippen molar-refractivity contribution in [3.63, 3.8) is 0 Å². The van der Waals surface area contributed by atoms with Crippen molar-refractivity contribution in [3.8, 4) is 0 Å². The number of piperidine rings is 1. The first-order valence-electron chi connectivity index (χ1n) is 10.4. The SMILES string of the molecule is CNc1ccc(C2CCN(C(=O)c3ccc[o+]c3)CC2)cc1C1=CCCCC1. The molecule has 0 radical (unpaired) electrons. The third kappa shape index (κ3) is 3.96. The lowest BCUT2D eigenvalue weighted by molar-refractivity contribution is 0.0710. The Morgan fingerprint density at radius 1 is 1.18 bits per heavy atom. The smallest absolute Gasteiger partial charge is 0.330 e. The van der Waals surface area contributed by atoms with Crippen molar-refractivity contribution < 1.29 is 9.21 Å². The minimum absolute atomic E-state index is 0.0707. The lowest BCUT2D eigenvalue weighted by Gasteiger charge is -2.32. The summed E-state index contributed by atoms with van der Waals surface area (Å²) in [4.78, 5) is 14.6. The maximum atomic E-state index is 12.6. The van der Waals surface area contributed by atoms with Crippen molar-refractivity contribution in [2.45, 2.75) is 44.4 Å². The van der Waals surface area contributed by atoms with Gasteiger partial charge in [0.05, 0.1) is 0 Å². The fourth-order valence-electron chi connectivity index (χ4n) is 4.44. The van der Waals surface area contributed by atoms with E-state index in [-0.39, 0.29) is 5.91 Å². The number of nitrogens with one attached hydrogen (secondary N) is 1. The molecule has 1 saturated heterocycles. The molecule has 0 spiro atoms. The van der Waals surface area contributed by atoms with Crippen LogP contribution in [0.4, 0.5) is 5.69 Å². The Bertz CT molecular complexity index is 852. The van der Waals surface area contributed by atoms with Crippen molar-refractivity contribution >= 4 is 17.2 Å². The van der Waals surface area contributed by atoms with Crippen LogP contribution in [0, 0.1) is 0 Å². The van der Waals surface area contributed by atoms with Gasteiger partial charge in [-0.3, -0.25) is 4.79 Å². The normalized spacial score (nSPS) is 17.9. The predicted molar refractivity (Wildman–Crippen MR) is 113 cm³/mol. The second kappa shape index (κ2) is 8.59. The summed E-state index contributed by atoms with van der Waals surface area (Å²) in [5.74, 6) is 0.583. The Morgan fingerprint density at radius 3 is 2.71 bits per heavy atom. The maximum Gasteiger partial charge on any atom is 0.330 e. The minimum atomic E-state index is 0.0707. The summed E-state index contributed by atoms with van der Waals surface area (Å²) in [6.07, 6.45) is 12.5. The number of rotatable bonds is 4. The van der Waals surface area contributed by atoms with E-state index in [9.17, 15) is 4.79 Å². The molecule has 1 N–H and O–H groups in total. The number of amides is 1. The third-order valence-electron chi connectivity index (χ3n) is 6.08. The van der Waals surface area contributed by atoms with Gasteiger partial charge in [0.2, 0.25) is 0 Å². The molecule has 4 heteroatoms. The molecule has 28 heavy (non-hydrogen) atoms. The first kappa shape index (κ1) is 18.7. The highest BCUT2D eigenvalue weighted by atomic mass is 16.3. The van der Waals surface area contributed by atoms with E-state index in [2.05, 4.69) is 29.6 Å². The third-order valence-corrected chi connectivity index (χ3v) is 6.08. The van der Waals surface area contributed by atoms with Gasteiger partial charge >= 0.3 is 12.5 Å². The van der Waals surface area contributed by atoms with E-state index in [1.807, 2.05) is 18.0 Å². The highest BCUT2D eigenvalue weighted by Crippen LogP contribution is 2.36. The lowest BCUT2D eigenvalue weighted by atomic mass is 9.85. The number of hydrogen-bond donors (Lipinski definition) is 1. The quantitative estimate of drug-likeness (QED) is 0.708. The Balaban J connectivity index is 1.47. The zero-order chi connectivity index (χ0) is 19.3. The fourth-order valence-corrected chi connectivity index (χ4v) is 4.44. The van der Waals surface area contributed by atoms with Crippen LogP contribution in [-0.4, -0.2) is 30.9 Å². The number of allylic oxidation sites excluding steroid dienone is 2. The van der Waals surface area contributed by atoms with Gasteiger partial charge in [0, 0.05) is 37.5 Å². The van der Waals surface area contributed by atoms with Crippen molar-refractivity contribution in [2.75, 3.05) is 25.5 Å². The van der Waals surface area contributed by atoms with Crippen LogP contribution in [-0.2, 0) is 0 Å². The maximum absolute atomic E-state index is 12.6. The first-order valence-corrected chi connectivity index (χ1v) is 10.4. The highest BCUT2D eigenvalue weighted by Gasteiger charge is 2.26. The van der Waals surface area contributed by atoms with E-state index in [1.54, 1.807) is 12.3 Å². The Kier molecular flexibility index (Phi) is 5.75. The van der Waals surface area contributed by atoms with Gasteiger partial charge in [0.25, 0.3) is 5.91 Å². The van der Waals surface area contributed by atoms with Gasteiger partial charge in [0.15, 0.2) is 0 Å². The fraction of sp³-hybridized carbons (Fsp3) is 0.417. The molecular weight excluding hydrogens is 348 g/mol. The number of carbonyl (C=O) groups excluding carboxylic acids is 1. The van der Waals surface area contributed by atoms with Crippen molar-refractivity contribution in [1.82, 2.24) is 4.90 Å². The number of nitrogens with zero attached hydrogens (tertiary/aromatic N) is 1. The molecule has 4 nitrogen and oxygen atoms in total. The number of hydrogen-bond acceptors (Lipinski definition) is 2. The molecule has 2 aliphatic rings. The minimum Gasteiger partial charge on any atom is -0.388 e. The van der Waals surface area contributed by atoms with Crippen molar-refractivity contribution in [3.05, 3.63) is 65.6 Å². The average molecular weight is 378 g/mol. The van der Waals surface area contributed by atoms with E-state index in [0.717, 1.165) is 25.9 Å². The second-order valence-electron chi connectivity index (χ2n) is 7.80. The Morgan fingerprint density at radius 2 is 2.04 bits per heavy atom.